The summed E-state index contributed by atoms with van der Waals surface area (Å²) in [5.41, 5.74) is 1.02. The molecule has 0 aliphatic rings. The van der Waals surface area contributed by atoms with E-state index in [-0.39, 0.29) is 11.2 Å². The highest BCUT2D eigenvalue weighted by molar-refractivity contribution is 5.51. The smallest absolute Gasteiger partial charge is 0.123 e. The van der Waals surface area contributed by atoms with Gasteiger partial charge in [0.15, 0.2) is 0 Å². The van der Waals surface area contributed by atoms with Crippen LogP contribution < -0.4 is 0 Å². The van der Waals surface area contributed by atoms with Crippen molar-refractivity contribution >= 4 is 12.4 Å². The Kier molecular flexibility index (Phi) is 5.08. The van der Waals surface area contributed by atoms with Gasteiger partial charge in [-0.05, 0) is 36.0 Å². The Morgan fingerprint density at radius 3 is 2.47 bits per heavy atom. The van der Waals surface area contributed by atoms with Crippen LogP contribution in [0.5, 0.6) is 0 Å². The van der Waals surface area contributed by atoms with Gasteiger partial charge in [0.1, 0.15) is 12.1 Å². The molecule has 0 saturated carbocycles. The first kappa shape index (κ1) is 13.6. The van der Waals surface area contributed by atoms with Crippen molar-refractivity contribution in [2.75, 3.05) is 0 Å². The van der Waals surface area contributed by atoms with Crippen LogP contribution in [0.4, 0.5) is 4.39 Å². The second kappa shape index (κ2) is 6.33. The molecular formula is C15H19FO. The van der Waals surface area contributed by atoms with Crippen LogP contribution in [0.25, 0.3) is 6.08 Å². The van der Waals surface area contributed by atoms with E-state index in [1.165, 1.54) is 12.1 Å². The molecule has 1 rings (SSSR count). The van der Waals surface area contributed by atoms with Crippen LogP contribution in [-0.2, 0) is 4.79 Å². The highest BCUT2D eigenvalue weighted by atomic mass is 19.1. The minimum absolute atomic E-state index is 0.0370. The van der Waals surface area contributed by atoms with Gasteiger partial charge in [-0.2, -0.15) is 0 Å². The number of benzene rings is 1. The summed E-state index contributed by atoms with van der Waals surface area (Å²) in [6.07, 6.45) is 7.48. The highest BCUT2D eigenvalue weighted by Crippen LogP contribution is 2.29. The lowest BCUT2D eigenvalue weighted by atomic mass is 9.82. The summed E-state index contributed by atoms with van der Waals surface area (Å²) >= 11 is 0. The summed E-state index contributed by atoms with van der Waals surface area (Å²) in [7, 11) is 0. The fourth-order valence-electron chi connectivity index (χ4n) is 1.64. The Balaban J connectivity index is 2.72. The molecule has 0 bridgehead atoms. The normalized spacial score (nSPS) is 14.8. The molecule has 1 atom stereocenters. The average molecular weight is 234 g/mol. The van der Waals surface area contributed by atoms with E-state index in [0.29, 0.717) is 6.42 Å². The molecule has 0 fully saturated rings. The number of carbonyl (C=O) groups excluding carboxylic acids is 1. The first-order chi connectivity index (χ1) is 8.09. The monoisotopic (exact) mass is 234 g/mol. The number of hydrogen-bond donors (Lipinski definition) is 0. The lowest BCUT2D eigenvalue weighted by Gasteiger charge is -2.23. The lowest BCUT2D eigenvalue weighted by Crippen LogP contribution is -2.11. The molecule has 17 heavy (non-hydrogen) atoms. The Hall–Kier alpha value is -1.44. The van der Waals surface area contributed by atoms with Crippen molar-refractivity contribution < 1.29 is 9.18 Å². The van der Waals surface area contributed by atoms with E-state index in [0.717, 1.165) is 24.7 Å². The number of hydrogen-bond acceptors (Lipinski definition) is 1. The topological polar surface area (TPSA) is 17.1 Å². The van der Waals surface area contributed by atoms with E-state index in [4.69, 9.17) is 0 Å². The SMILES string of the molecule is CC[C@@](C)(/C=C/c1ccc(F)cc1)CCC=O. The fraction of sp³-hybridized carbons (Fsp3) is 0.400. The van der Waals surface area contributed by atoms with Crippen LogP contribution >= 0.6 is 0 Å². The third-order valence-electron chi connectivity index (χ3n) is 3.19. The molecule has 0 spiro atoms. The van der Waals surface area contributed by atoms with Gasteiger partial charge in [0.05, 0.1) is 0 Å². The van der Waals surface area contributed by atoms with E-state index >= 15 is 0 Å². The van der Waals surface area contributed by atoms with Gasteiger partial charge < -0.3 is 4.79 Å². The van der Waals surface area contributed by atoms with Gasteiger partial charge in [-0.3, -0.25) is 0 Å². The van der Waals surface area contributed by atoms with Gasteiger partial charge in [0.25, 0.3) is 0 Å². The Labute approximate surface area is 102 Å². The zero-order valence-electron chi connectivity index (χ0n) is 10.4. The molecule has 0 heterocycles. The molecule has 92 valence electrons. The number of aldehydes is 1. The zero-order chi connectivity index (χ0) is 12.7. The molecule has 0 aliphatic heterocycles. The molecule has 0 N–H and O–H groups in total. The van der Waals surface area contributed by atoms with E-state index in [1.54, 1.807) is 12.1 Å². The van der Waals surface area contributed by atoms with Crippen LogP contribution in [-0.4, -0.2) is 6.29 Å². The van der Waals surface area contributed by atoms with Gasteiger partial charge in [0, 0.05) is 6.42 Å². The second-order valence-electron chi connectivity index (χ2n) is 4.60. The van der Waals surface area contributed by atoms with Crippen molar-refractivity contribution in [2.24, 2.45) is 5.41 Å². The first-order valence-electron chi connectivity index (χ1n) is 5.98. The second-order valence-corrected chi connectivity index (χ2v) is 4.60. The molecule has 1 aromatic rings. The van der Waals surface area contributed by atoms with E-state index in [2.05, 4.69) is 19.9 Å². The molecule has 0 aromatic heterocycles. The van der Waals surface area contributed by atoms with Gasteiger partial charge in [-0.15, -0.1) is 0 Å². The standard InChI is InChI=1S/C15H19FO/c1-3-15(2,10-4-12-17)11-9-13-5-7-14(16)8-6-13/h5-9,11-12H,3-4,10H2,1-2H3/b11-9+/t15-/m1/s1. The summed E-state index contributed by atoms with van der Waals surface area (Å²) in [4.78, 5) is 10.4. The van der Waals surface area contributed by atoms with Crippen molar-refractivity contribution in [3.05, 3.63) is 41.7 Å². The molecular weight excluding hydrogens is 215 g/mol. The summed E-state index contributed by atoms with van der Waals surface area (Å²) in [6, 6.07) is 6.41. The number of carbonyl (C=O) groups is 1. The summed E-state index contributed by atoms with van der Waals surface area (Å²) < 4.78 is 12.7. The fourth-order valence-corrected chi connectivity index (χ4v) is 1.64. The van der Waals surface area contributed by atoms with Gasteiger partial charge in [-0.25, -0.2) is 4.39 Å². The number of allylic oxidation sites excluding steroid dienone is 1. The van der Waals surface area contributed by atoms with Crippen molar-refractivity contribution in [1.29, 1.82) is 0 Å². The summed E-state index contributed by atoms with van der Waals surface area (Å²) in [5.74, 6) is -0.221. The predicted molar refractivity (Wildman–Crippen MR) is 69.1 cm³/mol. The van der Waals surface area contributed by atoms with Crippen LogP contribution in [0.1, 0.15) is 38.7 Å². The first-order valence-corrected chi connectivity index (χ1v) is 5.98. The van der Waals surface area contributed by atoms with Crippen molar-refractivity contribution in [3.63, 3.8) is 0 Å². The molecule has 2 heteroatoms. The minimum Gasteiger partial charge on any atom is -0.303 e. The molecule has 0 amide bonds. The lowest BCUT2D eigenvalue weighted by molar-refractivity contribution is -0.108. The van der Waals surface area contributed by atoms with Crippen molar-refractivity contribution in [2.45, 2.75) is 33.1 Å². The minimum atomic E-state index is -0.221. The third kappa shape index (κ3) is 4.51. The number of rotatable bonds is 6. The highest BCUT2D eigenvalue weighted by Gasteiger charge is 2.17. The predicted octanol–water partition coefficient (Wildman–Crippen LogP) is 4.23. The Morgan fingerprint density at radius 2 is 1.94 bits per heavy atom. The molecule has 1 aromatic carbocycles. The van der Waals surface area contributed by atoms with Gasteiger partial charge in [0.2, 0.25) is 0 Å². The molecule has 1 nitrogen and oxygen atoms in total. The maximum absolute atomic E-state index is 12.7. The van der Waals surface area contributed by atoms with Crippen molar-refractivity contribution in [1.82, 2.24) is 0 Å². The van der Waals surface area contributed by atoms with Crippen molar-refractivity contribution in [3.8, 4) is 0 Å². The molecule has 0 unspecified atom stereocenters. The maximum atomic E-state index is 12.7. The maximum Gasteiger partial charge on any atom is 0.123 e. The van der Waals surface area contributed by atoms with Crippen LogP contribution in [0.2, 0.25) is 0 Å². The molecule has 0 saturated heterocycles. The van der Waals surface area contributed by atoms with E-state index in [9.17, 15) is 9.18 Å². The van der Waals surface area contributed by atoms with Crippen LogP contribution in [0, 0.1) is 11.2 Å². The summed E-state index contributed by atoms with van der Waals surface area (Å²) in [5, 5.41) is 0. The Bertz CT molecular complexity index is 380. The van der Waals surface area contributed by atoms with E-state index in [1.807, 2.05) is 6.08 Å². The third-order valence-corrected chi connectivity index (χ3v) is 3.19. The number of halogens is 1. The van der Waals surface area contributed by atoms with Gasteiger partial charge >= 0.3 is 0 Å². The molecule has 0 radical (unpaired) electrons. The van der Waals surface area contributed by atoms with Gasteiger partial charge in [-0.1, -0.05) is 38.1 Å². The van der Waals surface area contributed by atoms with Crippen LogP contribution in [0.3, 0.4) is 0 Å². The quantitative estimate of drug-likeness (QED) is 0.673. The zero-order valence-corrected chi connectivity index (χ0v) is 10.4. The average Bonchev–Trinajstić information content (AvgIpc) is 2.36. The van der Waals surface area contributed by atoms with E-state index < -0.39 is 0 Å². The summed E-state index contributed by atoms with van der Waals surface area (Å²) in [6.45, 7) is 4.25. The van der Waals surface area contributed by atoms with Crippen LogP contribution in [0.15, 0.2) is 30.3 Å². The molecule has 0 aliphatic carbocycles. The largest absolute Gasteiger partial charge is 0.303 e. The Morgan fingerprint density at radius 1 is 1.29 bits per heavy atom.